The fourth-order valence-electron chi connectivity index (χ4n) is 2.56. The van der Waals surface area contributed by atoms with Crippen LogP contribution in [0.5, 0.6) is 11.5 Å². The van der Waals surface area contributed by atoms with Crippen molar-refractivity contribution in [2.45, 2.75) is 31.7 Å². The lowest BCUT2D eigenvalue weighted by atomic mass is 9.98. The summed E-state index contributed by atoms with van der Waals surface area (Å²) in [4.78, 5) is 23.8. The highest BCUT2D eigenvalue weighted by molar-refractivity contribution is 5.82. The minimum Gasteiger partial charge on any atom is -0.493 e. The molecule has 0 aromatic heterocycles. The quantitative estimate of drug-likeness (QED) is 0.718. The fourth-order valence-corrected chi connectivity index (χ4v) is 2.56. The summed E-state index contributed by atoms with van der Waals surface area (Å²) in [5.41, 5.74) is -0.213. The first-order valence-corrected chi connectivity index (χ1v) is 8.00. The maximum absolute atomic E-state index is 11.9. The van der Waals surface area contributed by atoms with E-state index in [4.69, 9.17) is 14.2 Å². The van der Waals surface area contributed by atoms with Crippen molar-refractivity contribution in [2.75, 3.05) is 20.8 Å². The van der Waals surface area contributed by atoms with Crippen LogP contribution >= 0.6 is 0 Å². The third-order valence-corrected chi connectivity index (χ3v) is 4.19. The summed E-state index contributed by atoms with van der Waals surface area (Å²) in [6, 6.07) is 7.23. The Morgan fingerprint density at radius 2 is 1.96 bits per heavy atom. The third-order valence-electron chi connectivity index (χ3n) is 4.19. The summed E-state index contributed by atoms with van der Waals surface area (Å²) in [5.74, 6) is 0.239. The van der Waals surface area contributed by atoms with Gasteiger partial charge in [0.1, 0.15) is 5.54 Å². The van der Waals surface area contributed by atoms with Gasteiger partial charge in [0.15, 0.2) is 18.1 Å². The molecular formula is C18H22N2O5. The van der Waals surface area contributed by atoms with Gasteiger partial charge in [-0.25, -0.2) is 0 Å². The monoisotopic (exact) mass is 346 g/mol. The number of methoxy groups -OCH3 is 2. The maximum atomic E-state index is 11.9. The van der Waals surface area contributed by atoms with Gasteiger partial charge in [0.2, 0.25) is 0 Å². The van der Waals surface area contributed by atoms with Crippen LogP contribution in [0.15, 0.2) is 18.2 Å². The average Bonchev–Trinajstić information content (AvgIpc) is 3.45. The summed E-state index contributed by atoms with van der Waals surface area (Å²) in [5, 5.41) is 11.9. The summed E-state index contributed by atoms with van der Waals surface area (Å²) >= 11 is 0. The number of nitrogens with zero attached hydrogens (tertiary/aromatic N) is 1. The number of esters is 1. The Morgan fingerprint density at radius 1 is 1.28 bits per heavy atom. The van der Waals surface area contributed by atoms with Crippen LogP contribution < -0.4 is 14.8 Å². The van der Waals surface area contributed by atoms with E-state index in [-0.39, 0.29) is 12.3 Å². The van der Waals surface area contributed by atoms with Crippen molar-refractivity contribution < 1.29 is 23.8 Å². The molecule has 0 bridgehead atoms. The van der Waals surface area contributed by atoms with Crippen molar-refractivity contribution in [3.05, 3.63) is 23.8 Å². The van der Waals surface area contributed by atoms with Crippen LogP contribution in [-0.4, -0.2) is 38.2 Å². The predicted octanol–water partition coefficient (Wildman–Crippen LogP) is 1.60. The SMILES string of the molecule is COc1ccc(CC(=O)OCC(=O)N[C@](C)(C#N)C2CC2)cc1OC. The van der Waals surface area contributed by atoms with E-state index in [0.29, 0.717) is 17.1 Å². The van der Waals surface area contributed by atoms with E-state index in [2.05, 4.69) is 11.4 Å². The van der Waals surface area contributed by atoms with Gasteiger partial charge in [-0.3, -0.25) is 9.59 Å². The molecule has 0 unspecified atom stereocenters. The molecule has 1 atom stereocenters. The summed E-state index contributed by atoms with van der Waals surface area (Å²) in [7, 11) is 3.04. The lowest BCUT2D eigenvalue weighted by molar-refractivity contribution is -0.148. The Kier molecular flexibility index (Phi) is 5.86. The lowest BCUT2D eigenvalue weighted by Gasteiger charge is -2.22. The van der Waals surface area contributed by atoms with Gasteiger partial charge in [0, 0.05) is 0 Å². The van der Waals surface area contributed by atoms with E-state index in [1.165, 1.54) is 14.2 Å². The van der Waals surface area contributed by atoms with Gasteiger partial charge in [0.25, 0.3) is 5.91 Å². The Morgan fingerprint density at radius 3 is 2.52 bits per heavy atom. The molecule has 1 N–H and O–H groups in total. The first kappa shape index (κ1) is 18.6. The fraction of sp³-hybridized carbons (Fsp3) is 0.500. The average molecular weight is 346 g/mol. The van der Waals surface area contributed by atoms with Crippen LogP contribution in [0.25, 0.3) is 0 Å². The molecule has 0 heterocycles. The Balaban J connectivity index is 1.84. The second-order valence-corrected chi connectivity index (χ2v) is 6.16. The van der Waals surface area contributed by atoms with Crippen molar-refractivity contribution in [2.24, 2.45) is 5.92 Å². The Labute approximate surface area is 146 Å². The molecule has 2 rings (SSSR count). The molecule has 1 aliphatic rings. The summed E-state index contributed by atoms with van der Waals surface area (Å²) < 4.78 is 15.3. The highest BCUT2D eigenvalue weighted by atomic mass is 16.5. The van der Waals surface area contributed by atoms with Gasteiger partial charge < -0.3 is 19.5 Å². The Hall–Kier alpha value is -2.75. The molecule has 0 radical (unpaired) electrons. The molecule has 25 heavy (non-hydrogen) atoms. The number of amides is 1. The van der Waals surface area contributed by atoms with Gasteiger partial charge in [-0.15, -0.1) is 0 Å². The number of carbonyl (C=O) groups is 2. The summed E-state index contributed by atoms with van der Waals surface area (Å²) in [6.45, 7) is 1.28. The zero-order chi connectivity index (χ0) is 18.4. The molecule has 0 spiro atoms. The molecule has 134 valence electrons. The van der Waals surface area contributed by atoms with Crippen molar-refractivity contribution >= 4 is 11.9 Å². The Bertz CT molecular complexity index is 693. The van der Waals surface area contributed by atoms with Crippen LogP contribution in [0.4, 0.5) is 0 Å². The molecule has 1 aliphatic carbocycles. The van der Waals surface area contributed by atoms with Gasteiger partial charge in [0.05, 0.1) is 26.7 Å². The standard InChI is InChI=1S/C18H22N2O5/c1-18(11-19,13-5-6-13)20-16(21)10-25-17(22)9-12-4-7-14(23-2)15(8-12)24-3/h4,7-8,13H,5-6,9-10H2,1-3H3,(H,20,21)/t18-/m1/s1. The molecule has 1 aromatic carbocycles. The topological polar surface area (TPSA) is 97.6 Å². The van der Waals surface area contributed by atoms with E-state index in [0.717, 1.165) is 12.8 Å². The van der Waals surface area contributed by atoms with Gasteiger partial charge >= 0.3 is 5.97 Å². The van der Waals surface area contributed by atoms with Gasteiger partial charge in [-0.1, -0.05) is 6.07 Å². The third kappa shape index (κ3) is 4.86. The van der Waals surface area contributed by atoms with Gasteiger partial charge in [-0.05, 0) is 43.4 Å². The van der Waals surface area contributed by atoms with E-state index in [1.54, 1.807) is 25.1 Å². The van der Waals surface area contributed by atoms with E-state index < -0.39 is 24.0 Å². The number of carbonyl (C=O) groups excluding carboxylic acids is 2. The number of nitriles is 1. The van der Waals surface area contributed by atoms with E-state index in [1.807, 2.05) is 0 Å². The number of benzene rings is 1. The summed E-state index contributed by atoms with van der Waals surface area (Å²) in [6.07, 6.45) is 1.85. The molecule has 1 saturated carbocycles. The smallest absolute Gasteiger partial charge is 0.310 e. The van der Waals surface area contributed by atoms with E-state index >= 15 is 0 Å². The zero-order valence-electron chi connectivity index (χ0n) is 14.6. The lowest BCUT2D eigenvalue weighted by Crippen LogP contribution is -2.48. The van der Waals surface area contributed by atoms with Crippen LogP contribution in [-0.2, 0) is 20.7 Å². The maximum Gasteiger partial charge on any atom is 0.310 e. The van der Waals surface area contributed by atoms with Crippen molar-refractivity contribution in [3.8, 4) is 17.6 Å². The van der Waals surface area contributed by atoms with Gasteiger partial charge in [-0.2, -0.15) is 5.26 Å². The molecule has 1 amide bonds. The van der Waals surface area contributed by atoms with Crippen LogP contribution in [0.1, 0.15) is 25.3 Å². The largest absolute Gasteiger partial charge is 0.493 e. The molecule has 0 saturated heterocycles. The second kappa shape index (κ2) is 7.88. The number of rotatable bonds is 8. The van der Waals surface area contributed by atoms with Crippen molar-refractivity contribution in [1.82, 2.24) is 5.32 Å². The van der Waals surface area contributed by atoms with Crippen LogP contribution in [0.2, 0.25) is 0 Å². The predicted molar refractivity (Wildman–Crippen MR) is 89.1 cm³/mol. The first-order chi connectivity index (χ1) is 11.9. The van der Waals surface area contributed by atoms with Crippen molar-refractivity contribution in [3.63, 3.8) is 0 Å². The zero-order valence-corrected chi connectivity index (χ0v) is 14.6. The second-order valence-electron chi connectivity index (χ2n) is 6.16. The number of ether oxygens (including phenoxy) is 3. The molecule has 1 fully saturated rings. The normalized spacial score (nSPS) is 15.4. The first-order valence-electron chi connectivity index (χ1n) is 8.00. The molecule has 0 aliphatic heterocycles. The molecule has 7 heteroatoms. The number of hydrogen-bond donors (Lipinski definition) is 1. The van der Waals surface area contributed by atoms with Crippen LogP contribution in [0.3, 0.4) is 0 Å². The highest BCUT2D eigenvalue weighted by Gasteiger charge is 2.43. The highest BCUT2D eigenvalue weighted by Crippen LogP contribution is 2.39. The van der Waals surface area contributed by atoms with Crippen LogP contribution in [0, 0.1) is 17.2 Å². The number of hydrogen-bond acceptors (Lipinski definition) is 6. The molecular weight excluding hydrogens is 324 g/mol. The number of nitrogens with one attached hydrogen (secondary N) is 1. The molecule has 1 aromatic rings. The van der Waals surface area contributed by atoms with E-state index in [9.17, 15) is 14.9 Å². The molecule has 7 nitrogen and oxygen atoms in total. The minimum atomic E-state index is -0.896. The minimum absolute atomic E-state index is 0.00573. The van der Waals surface area contributed by atoms with Crippen molar-refractivity contribution in [1.29, 1.82) is 5.26 Å².